The highest BCUT2D eigenvalue weighted by atomic mass is 19.4. The van der Waals surface area contributed by atoms with Crippen molar-refractivity contribution in [1.29, 1.82) is 0 Å². The predicted octanol–water partition coefficient (Wildman–Crippen LogP) is 3.64. The molecule has 0 saturated heterocycles. The van der Waals surface area contributed by atoms with E-state index >= 15 is 0 Å². The van der Waals surface area contributed by atoms with Crippen LogP contribution in [0.4, 0.5) is 13.2 Å². The summed E-state index contributed by atoms with van der Waals surface area (Å²) in [6.07, 6.45) is -4.46. The molecule has 0 bridgehead atoms. The summed E-state index contributed by atoms with van der Waals surface area (Å²) in [5.74, 6) is -0.362. The molecule has 0 unspecified atom stereocenters. The minimum Gasteiger partial charge on any atom is -0.497 e. The average Bonchev–Trinajstić information content (AvgIpc) is 2.66. The number of halogens is 3. The Morgan fingerprint density at radius 3 is 2.44 bits per heavy atom. The summed E-state index contributed by atoms with van der Waals surface area (Å²) in [5, 5.41) is 0. The predicted molar refractivity (Wildman–Crippen MR) is 61.7 cm³/mol. The van der Waals surface area contributed by atoms with Crippen LogP contribution in [0.15, 0.2) is 18.2 Å². The summed E-state index contributed by atoms with van der Waals surface area (Å²) in [6.45, 7) is 3.38. The molecule has 0 aliphatic rings. The molecule has 0 spiro atoms. The smallest absolute Gasteiger partial charge is 0.449 e. The number of ether oxygens (including phenoxy) is 1. The lowest BCUT2D eigenvalue weighted by Crippen LogP contribution is -2.16. The minimum absolute atomic E-state index is 0.317. The quantitative estimate of drug-likeness (QED) is 0.822. The second-order valence-electron chi connectivity index (χ2n) is 4.25. The van der Waals surface area contributed by atoms with Crippen LogP contribution in [0.3, 0.4) is 0 Å². The van der Waals surface area contributed by atoms with E-state index in [4.69, 9.17) is 4.74 Å². The zero-order valence-corrected chi connectivity index (χ0v) is 10.2. The number of hydrogen-bond donors (Lipinski definition) is 0. The number of hydrogen-bond acceptors (Lipinski definition) is 2. The van der Waals surface area contributed by atoms with Gasteiger partial charge in [0.05, 0.1) is 18.1 Å². The highest BCUT2D eigenvalue weighted by Crippen LogP contribution is 2.34. The zero-order valence-electron chi connectivity index (χ0n) is 10.2. The van der Waals surface area contributed by atoms with Crippen molar-refractivity contribution >= 4 is 11.0 Å². The van der Waals surface area contributed by atoms with E-state index < -0.39 is 12.0 Å². The molecule has 6 heteroatoms. The van der Waals surface area contributed by atoms with Gasteiger partial charge in [-0.15, -0.1) is 0 Å². The Morgan fingerprint density at radius 2 is 1.94 bits per heavy atom. The molecule has 0 amide bonds. The fourth-order valence-corrected chi connectivity index (χ4v) is 1.92. The van der Waals surface area contributed by atoms with Crippen LogP contribution >= 0.6 is 0 Å². The molecular weight excluding hydrogens is 245 g/mol. The molecule has 0 atom stereocenters. The van der Waals surface area contributed by atoms with Gasteiger partial charge in [0.15, 0.2) is 0 Å². The number of fused-ring (bicyclic) bond motifs is 1. The number of rotatable bonds is 2. The molecule has 0 radical (unpaired) electrons. The van der Waals surface area contributed by atoms with Crippen molar-refractivity contribution in [1.82, 2.24) is 9.55 Å². The van der Waals surface area contributed by atoms with Crippen molar-refractivity contribution in [2.45, 2.75) is 26.1 Å². The first-order valence-electron chi connectivity index (χ1n) is 5.47. The van der Waals surface area contributed by atoms with E-state index in [-0.39, 0.29) is 6.04 Å². The van der Waals surface area contributed by atoms with Crippen LogP contribution in [-0.2, 0) is 6.18 Å². The fraction of sp³-hybridized carbons (Fsp3) is 0.417. The molecule has 2 rings (SSSR count). The first-order chi connectivity index (χ1) is 8.34. The summed E-state index contributed by atoms with van der Waals surface area (Å²) < 4.78 is 45.0. The Bertz CT molecular complexity index is 572. The molecule has 0 fully saturated rings. The Morgan fingerprint density at radius 1 is 1.28 bits per heavy atom. The molecule has 3 nitrogen and oxygen atoms in total. The Hall–Kier alpha value is -1.72. The molecule has 1 aromatic heterocycles. The van der Waals surface area contributed by atoms with Crippen LogP contribution in [0.1, 0.15) is 25.7 Å². The first-order valence-corrected chi connectivity index (χ1v) is 5.47. The molecule has 0 saturated carbocycles. The summed E-state index contributed by atoms with van der Waals surface area (Å²) in [5.41, 5.74) is 0.744. The van der Waals surface area contributed by atoms with E-state index in [1.165, 1.54) is 17.7 Å². The number of benzene rings is 1. The van der Waals surface area contributed by atoms with E-state index in [2.05, 4.69) is 4.98 Å². The van der Waals surface area contributed by atoms with Crippen molar-refractivity contribution in [2.24, 2.45) is 0 Å². The summed E-state index contributed by atoms with van der Waals surface area (Å²) in [7, 11) is 1.47. The normalized spacial score (nSPS) is 12.4. The summed E-state index contributed by atoms with van der Waals surface area (Å²) >= 11 is 0. The van der Waals surface area contributed by atoms with Gasteiger partial charge in [-0.1, -0.05) is 0 Å². The molecule has 98 valence electrons. The minimum atomic E-state index is -4.46. The largest absolute Gasteiger partial charge is 0.497 e. The van der Waals surface area contributed by atoms with E-state index in [0.717, 1.165) is 0 Å². The van der Waals surface area contributed by atoms with Gasteiger partial charge in [-0.25, -0.2) is 4.98 Å². The topological polar surface area (TPSA) is 27.1 Å². The Labute approximate surface area is 102 Å². The molecule has 0 aliphatic carbocycles. The van der Waals surface area contributed by atoms with Gasteiger partial charge in [-0.2, -0.15) is 13.2 Å². The molecule has 0 N–H and O–H groups in total. The first kappa shape index (κ1) is 12.7. The average molecular weight is 258 g/mol. The van der Waals surface area contributed by atoms with Crippen LogP contribution in [0, 0.1) is 0 Å². The van der Waals surface area contributed by atoms with Gasteiger partial charge in [0.1, 0.15) is 5.75 Å². The second kappa shape index (κ2) is 4.19. The maximum absolute atomic E-state index is 12.9. The number of nitrogens with zero attached hydrogens (tertiary/aromatic N) is 2. The molecule has 1 aromatic carbocycles. The third kappa shape index (κ3) is 2.02. The van der Waals surface area contributed by atoms with Crippen molar-refractivity contribution in [3.05, 3.63) is 24.0 Å². The van der Waals surface area contributed by atoms with Crippen LogP contribution in [-0.4, -0.2) is 16.7 Å². The Balaban J connectivity index is 2.77. The molecule has 1 heterocycles. The SMILES string of the molecule is COc1ccc2nc(C(F)(F)F)n(C(C)C)c2c1. The van der Waals surface area contributed by atoms with Gasteiger partial charge in [-0.3, -0.25) is 0 Å². The third-order valence-corrected chi connectivity index (χ3v) is 2.67. The zero-order chi connectivity index (χ0) is 13.5. The van der Waals surface area contributed by atoms with Gasteiger partial charge in [-0.05, 0) is 26.0 Å². The van der Waals surface area contributed by atoms with Crippen LogP contribution in [0.5, 0.6) is 5.75 Å². The van der Waals surface area contributed by atoms with Crippen molar-refractivity contribution in [2.75, 3.05) is 7.11 Å². The van der Waals surface area contributed by atoms with Gasteiger partial charge < -0.3 is 9.30 Å². The van der Waals surface area contributed by atoms with Crippen molar-refractivity contribution in [3.8, 4) is 5.75 Å². The monoisotopic (exact) mass is 258 g/mol. The maximum Gasteiger partial charge on any atom is 0.449 e. The van der Waals surface area contributed by atoms with Crippen molar-refractivity contribution < 1.29 is 17.9 Å². The van der Waals surface area contributed by atoms with E-state index in [1.54, 1.807) is 26.0 Å². The molecule has 0 aliphatic heterocycles. The lowest BCUT2D eigenvalue weighted by atomic mass is 10.2. The standard InChI is InChI=1S/C12H13F3N2O/c1-7(2)17-10-6-8(18-3)4-5-9(10)16-11(17)12(13,14)15/h4-7H,1-3H3. The molecule has 2 aromatic rings. The number of imidazole rings is 1. The Kier molecular flexibility index (Phi) is 2.96. The van der Waals surface area contributed by atoms with E-state index in [9.17, 15) is 13.2 Å². The maximum atomic E-state index is 12.9. The van der Waals surface area contributed by atoms with Crippen LogP contribution < -0.4 is 4.74 Å². The summed E-state index contributed by atoms with van der Waals surface area (Å²) in [4.78, 5) is 3.66. The van der Waals surface area contributed by atoms with Crippen molar-refractivity contribution in [3.63, 3.8) is 0 Å². The number of alkyl halides is 3. The second-order valence-corrected chi connectivity index (χ2v) is 4.25. The highest BCUT2D eigenvalue weighted by Gasteiger charge is 2.38. The van der Waals surface area contributed by atoms with Gasteiger partial charge in [0.25, 0.3) is 0 Å². The van der Waals surface area contributed by atoms with E-state index in [0.29, 0.717) is 16.8 Å². The van der Waals surface area contributed by atoms with Gasteiger partial charge in [0.2, 0.25) is 5.82 Å². The lowest BCUT2D eigenvalue weighted by molar-refractivity contribution is -0.147. The number of methoxy groups -OCH3 is 1. The van der Waals surface area contributed by atoms with Gasteiger partial charge >= 0.3 is 6.18 Å². The fourth-order valence-electron chi connectivity index (χ4n) is 1.92. The molecular formula is C12H13F3N2O. The third-order valence-electron chi connectivity index (χ3n) is 2.67. The van der Waals surface area contributed by atoms with Crippen LogP contribution in [0.2, 0.25) is 0 Å². The van der Waals surface area contributed by atoms with E-state index in [1.807, 2.05) is 0 Å². The highest BCUT2D eigenvalue weighted by molar-refractivity contribution is 5.78. The summed E-state index contributed by atoms with van der Waals surface area (Å²) in [6, 6.07) is 4.36. The molecule has 18 heavy (non-hydrogen) atoms. The number of aromatic nitrogens is 2. The van der Waals surface area contributed by atoms with Crippen LogP contribution in [0.25, 0.3) is 11.0 Å². The lowest BCUT2D eigenvalue weighted by Gasteiger charge is -2.14. The van der Waals surface area contributed by atoms with Gasteiger partial charge in [0, 0.05) is 12.1 Å².